The van der Waals surface area contributed by atoms with Crippen LogP contribution in [0.15, 0.2) is 0 Å². The Morgan fingerprint density at radius 1 is 0.810 bits per heavy atom. The summed E-state index contributed by atoms with van der Waals surface area (Å²) in [6.07, 6.45) is 0. The van der Waals surface area contributed by atoms with Gasteiger partial charge in [-0.15, -0.1) is 3.63 Å². The maximum Gasteiger partial charge on any atom is 0.416 e. The Hall–Kier alpha value is 0.450. The van der Waals surface area contributed by atoms with Crippen LogP contribution in [0.1, 0.15) is 5.56 Å². The van der Waals surface area contributed by atoms with Crippen molar-refractivity contribution in [2.24, 2.45) is 0 Å². The summed E-state index contributed by atoms with van der Waals surface area (Å²) in [7, 11) is -10.4. The van der Waals surface area contributed by atoms with Gasteiger partial charge in [-0.1, -0.05) is 58.0 Å². The normalized spacial score (nSPS) is 12.7. The van der Waals surface area contributed by atoms with E-state index in [9.17, 15) is 16.8 Å². The standard InChI is InChI=1S/C7H3Cl5O7S2/c8-3-2(4(9)6(11)7(12)5(3)10)1-18-21(16,17)19-20(13,14)15/h1H2,(H,13,14,15). The van der Waals surface area contributed by atoms with E-state index in [1.807, 2.05) is 0 Å². The molecule has 7 nitrogen and oxygen atoms in total. The third kappa shape index (κ3) is 5.24. The van der Waals surface area contributed by atoms with Crippen molar-refractivity contribution in [3.05, 3.63) is 30.7 Å². The van der Waals surface area contributed by atoms with E-state index in [0.717, 1.165) is 0 Å². The van der Waals surface area contributed by atoms with E-state index in [-0.39, 0.29) is 30.7 Å². The van der Waals surface area contributed by atoms with Crippen molar-refractivity contribution in [2.75, 3.05) is 0 Å². The predicted molar refractivity (Wildman–Crippen MR) is 77.8 cm³/mol. The highest BCUT2D eigenvalue weighted by Crippen LogP contribution is 2.44. The topological polar surface area (TPSA) is 107 Å². The molecular weight excluding hydrogens is 437 g/mol. The molecule has 0 aliphatic heterocycles. The quantitative estimate of drug-likeness (QED) is 0.424. The molecule has 1 rings (SSSR count). The summed E-state index contributed by atoms with van der Waals surface area (Å²) < 4.78 is 58.6. The number of rotatable bonds is 5. The van der Waals surface area contributed by atoms with Gasteiger partial charge in [0.05, 0.1) is 31.7 Å². The van der Waals surface area contributed by atoms with Crippen LogP contribution in [-0.4, -0.2) is 21.4 Å². The van der Waals surface area contributed by atoms with Crippen LogP contribution in [0.25, 0.3) is 0 Å². The van der Waals surface area contributed by atoms with Crippen molar-refractivity contribution in [3.63, 3.8) is 0 Å². The minimum Gasteiger partial charge on any atom is -0.263 e. The molecule has 1 aromatic carbocycles. The molecule has 0 aliphatic rings. The van der Waals surface area contributed by atoms with Gasteiger partial charge in [0.2, 0.25) is 0 Å². The first kappa shape index (κ1) is 19.5. The molecule has 120 valence electrons. The maximum absolute atomic E-state index is 11.1. The lowest BCUT2D eigenvalue weighted by Gasteiger charge is -2.12. The van der Waals surface area contributed by atoms with Crippen LogP contribution in [0.5, 0.6) is 0 Å². The molecule has 0 saturated carbocycles. The molecule has 14 heteroatoms. The van der Waals surface area contributed by atoms with Gasteiger partial charge in [-0.3, -0.25) is 4.55 Å². The van der Waals surface area contributed by atoms with Gasteiger partial charge in [0.1, 0.15) is 0 Å². The number of hydrogen-bond donors (Lipinski definition) is 1. The van der Waals surface area contributed by atoms with E-state index < -0.39 is 27.4 Å². The summed E-state index contributed by atoms with van der Waals surface area (Å²) in [5.74, 6) is 0. The van der Waals surface area contributed by atoms with E-state index in [2.05, 4.69) is 7.81 Å². The predicted octanol–water partition coefficient (Wildman–Crippen LogP) is 3.53. The molecule has 0 atom stereocenters. The van der Waals surface area contributed by atoms with Crippen LogP contribution >= 0.6 is 58.0 Å². The third-order valence-corrected chi connectivity index (χ3v) is 5.93. The van der Waals surface area contributed by atoms with Crippen molar-refractivity contribution in [3.8, 4) is 0 Å². The molecule has 0 heterocycles. The first-order valence-electron chi connectivity index (χ1n) is 4.44. The summed E-state index contributed by atoms with van der Waals surface area (Å²) in [6, 6.07) is 0. The largest absolute Gasteiger partial charge is 0.416 e. The van der Waals surface area contributed by atoms with Crippen LogP contribution in [-0.2, 0) is 35.2 Å². The van der Waals surface area contributed by atoms with Gasteiger partial charge in [-0.05, 0) is 0 Å². The van der Waals surface area contributed by atoms with Crippen LogP contribution in [0.4, 0.5) is 0 Å². The Kier molecular flexibility index (Phi) is 6.42. The number of hydrogen-bond acceptors (Lipinski definition) is 6. The fourth-order valence-electron chi connectivity index (χ4n) is 1.03. The molecule has 0 aromatic heterocycles. The average Bonchev–Trinajstić information content (AvgIpc) is 2.31. The summed E-state index contributed by atoms with van der Waals surface area (Å²) in [5, 5.41) is -1.08. The summed E-state index contributed by atoms with van der Waals surface area (Å²) in [5.41, 5.74) is -0.180. The monoisotopic (exact) mass is 438 g/mol. The fraction of sp³-hybridized carbons (Fsp3) is 0.143. The zero-order valence-electron chi connectivity index (χ0n) is 9.31. The van der Waals surface area contributed by atoms with Gasteiger partial charge < -0.3 is 0 Å². The molecule has 0 radical (unpaired) electrons. The molecule has 0 bridgehead atoms. The Bertz CT molecular complexity index is 744. The highest BCUT2D eigenvalue weighted by molar-refractivity contribution is 7.94. The van der Waals surface area contributed by atoms with E-state index in [0.29, 0.717) is 0 Å². The molecular formula is C7H3Cl5O7S2. The second kappa shape index (κ2) is 6.91. The highest BCUT2D eigenvalue weighted by Gasteiger charge is 2.25. The Morgan fingerprint density at radius 2 is 1.19 bits per heavy atom. The summed E-state index contributed by atoms with van der Waals surface area (Å²) >= 11 is 28.8. The van der Waals surface area contributed by atoms with Crippen LogP contribution in [0, 0.1) is 0 Å². The van der Waals surface area contributed by atoms with Crippen LogP contribution in [0.3, 0.4) is 0 Å². The molecule has 21 heavy (non-hydrogen) atoms. The smallest absolute Gasteiger partial charge is 0.263 e. The minimum absolute atomic E-state index is 0.158. The van der Waals surface area contributed by atoms with Crippen molar-refractivity contribution < 1.29 is 29.2 Å². The summed E-state index contributed by atoms with van der Waals surface area (Å²) in [4.78, 5) is 0. The molecule has 0 saturated heterocycles. The van der Waals surface area contributed by atoms with E-state index >= 15 is 0 Å². The van der Waals surface area contributed by atoms with Crippen LogP contribution in [0.2, 0.25) is 25.1 Å². The van der Waals surface area contributed by atoms with Gasteiger partial charge in [0, 0.05) is 5.56 Å². The second-order valence-corrected chi connectivity index (χ2v) is 7.56. The van der Waals surface area contributed by atoms with Gasteiger partial charge in [0.25, 0.3) is 0 Å². The third-order valence-electron chi connectivity index (χ3n) is 1.82. The molecule has 1 N–H and O–H groups in total. The lowest BCUT2D eigenvalue weighted by molar-refractivity contribution is 0.256. The van der Waals surface area contributed by atoms with Crippen molar-refractivity contribution in [1.29, 1.82) is 0 Å². The Balaban J connectivity index is 3.12. The number of benzene rings is 1. The van der Waals surface area contributed by atoms with Crippen LogP contribution < -0.4 is 0 Å². The molecule has 0 amide bonds. The number of halogens is 5. The van der Waals surface area contributed by atoms with Gasteiger partial charge in [-0.2, -0.15) is 16.8 Å². The van der Waals surface area contributed by atoms with Crippen molar-refractivity contribution >= 4 is 78.8 Å². The lowest BCUT2D eigenvalue weighted by atomic mass is 10.2. The first-order chi connectivity index (χ1) is 9.36. The molecule has 1 aromatic rings. The summed E-state index contributed by atoms with van der Waals surface area (Å²) in [6.45, 7) is -0.869. The highest BCUT2D eigenvalue weighted by atomic mass is 35.5. The van der Waals surface area contributed by atoms with E-state index in [4.69, 9.17) is 62.6 Å². The average molecular weight is 440 g/mol. The molecule has 0 spiro atoms. The Morgan fingerprint density at radius 3 is 1.57 bits per heavy atom. The maximum atomic E-state index is 11.1. The minimum atomic E-state index is -5.28. The van der Waals surface area contributed by atoms with Crippen molar-refractivity contribution in [1.82, 2.24) is 0 Å². The zero-order valence-corrected chi connectivity index (χ0v) is 14.7. The molecule has 0 aliphatic carbocycles. The van der Waals surface area contributed by atoms with Gasteiger partial charge >= 0.3 is 20.8 Å². The molecule has 0 unspecified atom stereocenters. The zero-order chi connectivity index (χ0) is 16.6. The van der Waals surface area contributed by atoms with Gasteiger partial charge in [0.15, 0.2) is 0 Å². The molecule has 0 fully saturated rings. The lowest BCUT2D eigenvalue weighted by Crippen LogP contribution is -2.15. The second-order valence-electron chi connectivity index (χ2n) is 3.21. The Labute approximate surface area is 144 Å². The first-order valence-corrected chi connectivity index (χ1v) is 9.02. The van der Waals surface area contributed by atoms with E-state index in [1.165, 1.54) is 0 Å². The van der Waals surface area contributed by atoms with Gasteiger partial charge in [-0.25, -0.2) is 4.18 Å². The van der Waals surface area contributed by atoms with Crippen molar-refractivity contribution in [2.45, 2.75) is 6.61 Å². The fourth-order valence-corrected chi connectivity index (χ4v) is 3.58. The van der Waals surface area contributed by atoms with E-state index in [1.54, 1.807) is 0 Å². The SMILES string of the molecule is O=S(=O)(O)OS(=O)(=O)OCc1c(Cl)c(Cl)c(Cl)c(Cl)c1Cl.